The molecule has 1 heteroatoms. The third kappa shape index (κ3) is 1.64. The van der Waals surface area contributed by atoms with Gasteiger partial charge in [-0.2, -0.15) is 0 Å². The number of quaternary nitrogens is 1. The zero-order valence-corrected chi connectivity index (χ0v) is 11.9. The van der Waals surface area contributed by atoms with Crippen LogP contribution in [0.5, 0.6) is 0 Å². The van der Waals surface area contributed by atoms with Gasteiger partial charge in [0.1, 0.15) is 6.54 Å². The standard InChI is InChI=1S/C17H25N/c1-16(2)14-9-10-17(16,3)15(11-14)18-12-13-7-5-4-6-8-13/h4-8,14-15,18H,9-12H2,1-3H3/p+1/t14-,15+,17-/m0/s1. The summed E-state index contributed by atoms with van der Waals surface area (Å²) in [6, 6.07) is 11.7. The van der Waals surface area contributed by atoms with E-state index in [1.165, 1.54) is 24.8 Å². The van der Waals surface area contributed by atoms with E-state index in [1.807, 2.05) is 0 Å². The molecule has 1 aromatic rings. The van der Waals surface area contributed by atoms with Gasteiger partial charge in [-0.1, -0.05) is 51.1 Å². The summed E-state index contributed by atoms with van der Waals surface area (Å²) in [7, 11) is 0. The number of nitrogens with two attached hydrogens (primary N) is 1. The smallest absolute Gasteiger partial charge is 0.101 e. The van der Waals surface area contributed by atoms with E-state index < -0.39 is 0 Å². The molecule has 1 aromatic carbocycles. The first-order valence-corrected chi connectivity index (χ1v) is 7.41. The summed E-state index contributed by atoms with van der Waals surface area (Å²) in [6.45, 7) is 8.68. The van der Waals surface area contributed by atoms with E-state index >= 15 is 0 Å². The highest BCUT2D eigenvalue weighted by molar-refractivity contribution is 5.14. The van der Waals surface area contributed by atoms with E-state index in [1.54, 1.807) is 0 Å². The van der Waals surface area contributed by atoms with Gasteiger partial charge in [-0.05, 0) is 24.2 Å². The fraction of sp³-hybridized carbons (Fsp3) is 0.647. The summed E-state index contributed by atoms with van der Waals surface area (Å²) in [5, 5.41) is 2.61. The molecular weight excluding hydrogens is 218 g/mol. The van der Waals surface area contributed by atoms with Crippen molar-refractivity contribution in [3.8, 4) is 0 Å². The molecule has 1 nitrogen and oxygen atoms in total. The highest BCUT2D eigenvalue weighted by Crippen LogP contribution is 2.64. The van der Waals surface area contributed by atoms with E-state index in [0.29, 0.717) is 10.8 Å². The van der Waals surface area contributed by atoms with Crippen molar-refractivity contribution < 1.29 is 5.32 Å². The van der Waals surface area contributed by atoms with Crippen molar-refractivity contribution in [3.05, 3.63) is 35.9 Å². The Labute approximate surface area is 111 Å². The molecule has 0 saturated heterocycles. The molecule has 3 atom stereocenters. The molecule has 2 aliphatic carbocycles. The maximum Gasteiger partial charge on any atom is 0.101 e. The SMILES string of the molecule is CC1(C)[C@H]2CC[C@@]1(C)[C@H]([NH2+]Cc1ccccc1)C2. The highest BCUT2D eigenvalue weighted by atomic mass is 15.0. The summed E-state index contributed by atoms with van der Waals surface area (Å²) in [6.07, 6.45) is 4.32. The van der Waals surface area contributed by atoms with E-state index in [9.17, 15) is 0 Å². The lowest BCUT2D eigenvalue weighted by atomic mass is 9.69. The summed E-state index contributed by atoms with van der Waals surface area (Å²) in [5.74, 6) is 0.958. The van der Waals surface area contributed by atoms with Crippen LogP contribution in [0.25, 0.3) is 0 Å². The van der Waals surface area contributed by atoms with Crippen LogP contribution in [0.3, 0.4) is 0 Å². The molecule has 18 heavy (non-hydrogen) atoms. The van der Waals surface area contributed by atoms with Gasteiger partial charge in [0.15, 0.2) is 0 Å². The zero-order valence-electron chi connectivity index (χ0n) is 11.9. The number of hydrogen-bond donors (Lipinski definition) is 1. The average Bonchev–Trinajstić information content (AvgIpc) is 2.70. The molecule has 0 aliphatic heterocycles. The molecule has 98 valence electrons. The fourth-order valence-corrected chi connectivity index (χ4v) is 4.51. The van der Waals surface area contributed by atoms with Crippen LogP contribution in [0, 0.1) is 16.7 Å². The minimum atomic E-state index is 0.546. The fourth-order valence-electron chi connectivity index (χ4n) is 4.51. The van der Waals surface area contributed by atoms with Crippen LogP contribution < -0.4 is 5.32 Å². The molecule has 0 radical (unpaired) electrons. The third-order valence-corrected chi connectivity index (χ3v) is 6.34. The van der Waals surface area contributed by atoms with Gasteiger partial charge in [-0.3, -0.25) is 0 Å². The average molecular weight is 244 g/mol. The second-order valence-electron chi connectivity index (χ2n) is 7.14. The lowest BCUT2D eigenvalue weighted by molar-refractivity contribution is -0.717. The van der Waals surface area contributed by atoms with Crippen molar-refractivity contribution in [2.24, 2.45) is 16.7 Å². The van der Waals surface area contributed by atoms with Crippen molar-refractivity contribution in [2.45, 2.75) is 52.6 Å². The van der Waals surface area contributed by atoms with Gasteiger partial charge in [0, 0.05) is 17.4 Å². The maximum absolute atomic E-state index is 2.61. The normalized spacial score (nSPS) is 37.1. The monoisotopic (exact) mass is 244 g/mol. The van der Waals surface area contributed by atoms with Crippen molar-refractivity contribution in [3.63, 3.8) is 0 Å². The van der Waals surface area contributed by atoms with E-state index in [4.69, 9.17) is 0 Å². The largest absolute Gasteiger partial charge is 0.340 e. The molecular formula is C17H26N+. The second kappa shape index (κ2) is 4.09. The molecule has 3 rings (SSSR count). The van der Waals surface area contributed by atoms with Crippen molar-refractivity contribution >= 4 is 0 Å². The summed E-state index contributed by atoms with van der Waals surface area (Å²) in [4.78, 5) is 0. The Morgan fingerprint density at radius 1 is 1.17 bits per heavy atom. The number of hydrogen-bond acceptors (Lipinski definition) is 0. The minimum absolute atomic E-state index is 0.546. The van der Waals surface area contributed by atoms with Crippen LogP contribution in [-0.2, 0) is 6.54 Å². The number of rotatable bonds is 3. The number of fused-ring (bicyclic) bond motifs is 2. The van der Waals surface area contributed by atoms with Gasteiger partial charge >= 0.3 is 0 Å². The first-order chi connectivity index (χ1) is 8.54. The molecule has 2 saturated carbocycles. The quantitative estimate of drug-likeness (QED) is 0.842. The van der Waals surface area contributed by atoms with Crippen molar-refractivity contribution in [2.75, 3.05) is 0 Å². The first kappa shape index (κ1) is 12.2. The van der Waals surface area contributed by atoms with Gasteiger partial charge in [0.2, 0.25) is 0 Å². The van der Waals surface area contributed by atoms with Gasteiger partial charge in [0.25, 0.3) is 0 Å². The van der Waals surface area contributed by atoms with Gasteiger partial charge in [-0.25, -0.2) is 0 Å². The molecule has 0 unspecified atom stereocenters. The molecule has 2 fully saturated rings. The van der Waals surface area contributed by atoms with Crippen LogP contribution in [-0.4, -0.2) is 6.04 Å². The Morgan fingerprint density at radius 3 is 2.44 bits per heavy atom. The lowest BCUT2D eigenvalue weighted by Gasteiger charge is -2.37. The Bertz CT molecular complexity index is 422. The topological polar surface area (TPSA) is 16.6 Å². The van der Waals surface area contributed by atoms with E-state index in [0.717, 1.165) is 18.5 Å². The van der Waals surface area contributed by atoms with Crippen LogP contribution in [0.4, 0.5) is 0 Å². The number of benzene rings is 1. The van der Waals surface area contributed by atoms with Crippen molar-refractivity contribution in [1.29, 1.82) is 0 Å². The first-order valence-electron chi connectivity index (χ1n) is 7.41. The Hall–Kier alpha value is -0.820. The summed E-state index contributed by atoms with van der Waals surface area (Å²) < 4.78 is 0. The third-order valence-electron chi connectivity index (χ3n) is 6.34. The predicted molar refractivity (Wildman–Crippen MR) is 75.1 cm³/mol. The van der Waals surface area contributed by atoms with Gasteiger partial charge in [-0.15, -0.1) is 0 Å². The lowest BCUT2D eigenvalue weighted by Crippen LogP contribution is -2.91. The van der Waals surface area contributed by atoms with Crippen LogP contribution in [0.15, 0.2) is 30.3 Å². The molecule has 0 heterocycles. The molecule has 0 amide bonds. The molecule has 0 aromatic heterocycles. The molecule has 2 aliphatic rings. The molecule has 0 spiro atoms. The Balaban J connectivity index is 1.69. The van der Waals surface area contributed by atoms with Gasteiger partial charge in [0.05, 0.1) is 6.04 Å². The van der Waals surface area contributed by atoms with Crippen LogP contribution in [0.1, 0.15) is 45.6 Å². The Morgan fingerprint density at radius 2 is 1.89 bits per heavy atom. The van der Waals surface area contributed by atoms with Crippen molar-refractivity contribution in [1.82, 2.24) is 0 Å². The van der Waals surface area contributed by atoms with E-state index in [2.05, 4.69) is 56.4 Å². The zero-order chi connectivity index (χ0) is 12.8. The van der Waals surface area contributed by atoms with Crippen LogP contribution in [0.2, 0.25) is 0 Å². The van der Waals surface area contributed by atoms with Gasteiger partial charge < -0.3 is 5.32 Å². The Kier molecular flexibility index (Phi) is 2.78. The van der Waals surface area contributed by atoms with E-state index in [-0.39, 0.29) is 0 Å². The second-order valence-corrected chi connectivity index (χ2v) is 7.14. The minimum Gasteiger partial charge on any atom is -0.340 e. The summed E-state index contributed by atoms with van der Waals surface area (Å²) in [5.41, 5.74) is 2.55. The highest BCUT2D eigenvalue weighted by Gasteiger charge is 2.63. The maximum atomic E-state index is 2.61. The van der Waals surface area contributed by atoms with Crippen LogP contribution >= 0.6 is 0 Å². The summed E-state index contributed by atoms with van der Waals surface area (Å²) >= 11 is 0. The predicted octanol–water partition coefficient (Wildman–Crippen LogP) is 2.96. The molecule has 2 bridgehead atoms. The molecule has 2 N–H and O–H groups in total.